The molecule has 1 aliphatic heterocycles. The summed E-state index contributed by atoms with van der Waals surface area (Å²) in [6.45, 7) is 0.803. The first-order chi connectivity index (χ1) is 14.7. The van der Waals surface area contributed by atoms with Crippen LogP contribution < -0.4 is 26.4 Å². The van der Waals surface area contributed by atoms with Crippen molar-refractivity contribution in [2.75, 3.05) is 11.9 Å². The minimum Gasteiger partial charge on any atom is -0.493 e. The van der Waals surface area contributed by atoms with Crippen LogP contribution in [0.5, 0.6) is 5.88 Å². The van der Waals surface area contributed by atoms with Gasteiger partial charge in [-0.05, 0) is 40.5 Å². The Labute approximate surface area is 169 Å². The summed E-state index contributed by atoms with van der Waals surface area (Å²) >= 11 is 0. The average Bonchev–Trinajstić information content (AvgIpc) is 3.16. The van der Waals surface area contributed by atoms with Gasteiger partial charge >= 0.3 is 17.3 Å². The Hall–Kier alpha value is -3.95. The van der Waals surface area contributed by atoms with Crippen LogP contribution in [0, 0.1) is 0 Å². The third-order valence-corrected chi connectivity index (χ3v) is 5.46. The molecular formula is C20H19N8O2+. The van der Waals surface area contributed by atoms with E-state index in [4.69, 9.17) is 9.97 Å². The highest BCUT2D eigenvalue weighted by Crippen LogP contribution is 2.24. The molecule has 1 fully saturated rings. The average molecular weight is 403 g/mol. The van der Waals surface area contributed by atoms with E-state index in [0.717, 1.165) is 31.5 Å². The minimum atomic E-state index is -0.477. The molecule has 0 bridgehead atoms. The second kappa shape index (κ2) is 6.28. The number of hydrogen-bond donors (Lipinski definition) is 4. The number of nitrogens with zero attached hydrogens (tertiary/aromatic N) is 5. The number of para-hydroxylation sites is 1. The predicted octanol–water partition coefficient (Wildman–Crippen LogP) is -0.372. The lowest BCUT2D eigenvalue weighted by molar-refractivity contribution is 0.454. The van der Waals surface area contributed by atoms with Gasteiger partial charge in [0.2, 0.25) is 11.5 Å². The summed E-state index contributed by atoms with van der Waals surface area (Å²) in [7, 11) is 0. The van der Waals surface area contributed by atoms with Gasteiger partial charge in [-0.2, -0.15) is 9.61 Å². The standard InChI is InChI=1S/C20H18N8O2/c29-17-14(23-20(30)25-17)9-12-10-21-28-16(12)24-18(26-19(28)22-13-5-6-13)27-8-7-11-3-1-2-4-15(11)27/h1-4,9-10,13H,5-8H2,(H3,21,22,23,24,25,26,29,30)/p+1. The van der Waals surface area contributed by atoms with Gasteiger partial charge in [0.25, 0.3) is 0 Å². The molecule has 10 nitrogen and oxygen atoms in total. The highest BCUT2D eigenvalue weighted by atomic mass is 16.3. The van der Waals surface area contributed by atoms with Crippen LogP contribution in [0.2, 0.25) is 0 Å². The fraction of sp³-hybridized carbons (Fsp3) is 0.250. The number of aromatic amines is 2. The van der Waals surface area contributed by atoms with Gasteiger partial charge < -0.3 is 15.4 Å². The van der Waals surface area contributed by atoms with E-state index in [1.807, 2.05) is 12.1 Å². The number of aromatic hydroxyl groups is 1. The SMILES string of the molecule is O=c1[nH]c(O)c(C=c2cnn3c(NC4CC4)nc(=[N+]4CCc5ccccc54)nc23)[nH]1. The summed E-state index contributed by atoms with van der Waals surface area (Å²) in [5.74, 6) is 0.409. The number of benzene rings is 1. The van der Waals surface area contributed by atoms with E-state index in [1.54, 1.807) is 16.8 Å². The van der Waals surface area contributed by atoms with E-state index >= 15 is 0 Å². The molecule has 1 aliphatic carbocycles. The van der Waals surface area contributed by atoms with Gasteiger partial charge in [-0.1, -0.05) is 18.2 Å². The highest BCUT2D eigenvalue weighted by molar-refractivity contribution is 5.57. The molecule has 4 aromatic rings. The van der Waals surface area contributed by atoms with Crippen LogP contribution in [0.15, 0.2) is 35.3 Å². The van der Waals surface area contributed by atoms with Crippen molar-refractivity contribution >= 4 is 23.4 Å². The maximum atomic E-state index is 11.5. The van der Waals surface area contributed by atoms with Crippen LogP contribution in [-0.4, -0.2) is 47.2 Å². The van der Waals surface area contributed by atoms with E-state index in [2.05, 4.69) is 37.1 Å². The molecule has 0 atom stereocenters. The quantitative estimate of drug-likeness (QED) is 0.346. The van der Waals surface area contributed by atoms with Crippen molar-refractivity contribution in [1.82, 2.24) is 34.1 Å². The second-order valence-corrected chi connectivity index (χ2v) is 7.62. The van der Waals surface area contributed by atoms with Crippen molar-refractivity contribution in [1.29, 1.82) is 0 Å². The summed E-state index contributed by atoms with van der Waals surface area (Å²) in [5.41, 5.74) is 3.37. The van der Waals surface area contributed by atoms with E-state index < -0.39 is 5.69 Å². The van der Waals surface area contributed by atoms with Crippen molar-refractivity contribution in [3.05, 3.63) is 63.0 Å². The summed E-state index contributed by atoms with van der Waals surface area (Å²) < 4.78 is 3.78. The molecule has 1 aromatic carbocycles. The number of anilines is 1. The minimum absolute atomic E-state index is 0.224. The maximum absolute atomic E-state index is 11.5. The van der Waals surface area contributed by atoms with Gasteiger partial charge in [-0.3, -0.25) is 4.98 Å². The van der Waals surface area contributed by atoms with Gasteiger partial charge in [0, 0.05) is 12.5 Å². The Morgan fingerprint density at radius 2 is 2.10 bits per heavy atom. The Kier molecular flexibility index (Phi) is 3.55. The Balaban J connectivity index is 1.63. The highest BCUT2D eigenvalue weighted by Gasteiger charge is 2.27. The topological polar surface area (TPSA) is 127 Å². The molecule has 4 heterocycles. The lowest BCUT2D eigenvalue weighted by atomic mass is 10.2. The molecule has 0 spiro atoms. The zero-order valence-electron chi connectivity index (χ0n) is 16.0. The number of aromatic nitrogens is 6. The van der Waals surface area contributed by atoms with Crippen LogP contribution >= 0.6 is 0 Å². The third kappa shape index (κ3) is 2.76. The number of rotatable bonds is 3. The second-order valence-electron chi connectivity index (χ2n) is 7.62. The summed E-state index contributed by atoms with van der Waals surface area (Å²) in [6.07, 6.45) is 6.44. The first-order valence-corrected chi connectivity index (χ1v) is 9.89. The molecule has 150 valence electrons. The van der Waals surface area contributed by atoms with Crippen molar-refractivity contribution in [2.24, 2.45) is 0 Å². The molecule has 0 radical (unpaired) electrons. The van der Waals surface area contributed by atoms with E-state index in [-0.39, 0.29) is 11.6 Å². The lowest BCUT2D eigenvalue weighted by Crippen LogP contribution is -2.33. The fourth-order valence-corrected chi connectivity index (χ4v) is 3.80. The van der Waals surface area contributed by atoms with Gasteiger partial charge in [0.15, 0.2) is 0 Å². The monoisotopic (exact) mass is 403 g/mol. The van der Waals surface area contributed by atoms with Crippen molar-refractivity contribution in [3.63, 3.8) is 0 Å². The molecule has 3 aromatic heterocycles. The molecule has 2 aliphatic rings. The third-order valence-electron chi connectivity index (χ3n) is 5.46. The van der Waals surface area contributed by atoms with Crippen molar-refractivity contribution in [2.45, 2.75) is 25.3 Å². The number of H-pyrrole nitrogens is 2. The molecule has 10 heteroatoms. The number of fused-ring (bicyclic) bond motifs is 2. The lowest BCUT2D eigenvalue weighted by Gasteiger charge is -2.02. The van der Waals surface area contributed by atoms with E-state index in [0.29, 0.717) is 28.5 Å². The predicted molar refractivity (Wildman–Crippen MR) is 109 cm³/mol. The van der Waals surface area contributed by atoms with Crippen LogP contribution in [-0.2, 0) is 6.42 Å². The molecule has 4 N–H and O–H groups in total. The molecule has 6 rings (SSSR count). The van der Waals surface area contributed by atoms with Crippen molar-refractivity contribution in [3.8, 4) is 5.88 Å². The van der Waals surface area contributed by atoms with Gasteiger partial charge in [0.1, 0.15) is 11.4 Å². The van der Waals surface area contributed by atoms with Crippen molar-refractivity contribution < 1.29 is 5.11 Å². The Morgan fingerprint density at radius 3 is 2.90 bits per heavy atom. The van der Waals surface area contributed by atoms with E-state index in [9.17, 15) is 9.90 Å². The molecule has 0 unspecified atom stereocenters. The molecule has 30 heavy (non-hydrogen) atoms. The van der Waals surface area contributed by atoms with Crippen LogP contribution in [0.4, 0.5) is 11.6 Å². The maximum Gasteiger partial charge on any atom is 0.439 e. The smallest absolute Gasteiger partial charge is 0.439 e. The molecule has 0 saturated heterocycles. The Morgan fingerprint density at radius 1 is 1.23 bits per heavy atom. The normalized spacial score (nSPS) is 18.2. The van der Waals surface area contributed by atoms with Gasteiger partial charge in [0.05, 0.1) is 18.0 Å². The van der Waals surface area contributed by atoms with Crippen LogP contribution in [0.1, 0.15) is 24.1 Å². The van der Waals surface area contributed by atoms with Gasteiger partial charge in [-0.25, -0.2) is 9.37 Å². The number of nitrogens with one attached hydrogen (secondary N) is 3. The molecule has 0 amide bonds. The molecule has 1 saturated carbocycles. The summed E-state index contributed by atoms with van der Waals surface area (Å²) in [4.78, 5) is 25.9. The summed E-state index contributed by atoms with van der Waals surface area (Å²) in [6, 6.07) is 8.65. The van der Waals surface area contributed by atoms with Crippen LogP contribution in [0.25, 0.3) is 11.7 Å². The number of imidazole rings is 1. The first kappa shape index (κ1) is 17.0. The number of hydrogen-bond acceptors (Lipinski definition) is 6. The zero-order chi connectivity index (χ0) is 20.2. The summed E-state index contributed by atoms with van der Waals surface area (Å²) in [5, 5.41) is 18.5. The Bertz CT molecular complexity index is 1470. The fourth-order valence-electron chi connectivity index (χ4n) is 3.80. The molecular weight excluding hydrogens is 384 g/mol. The van der Waals surface area contributed by atoms with E-state index in [1.165, 1.54) is 5.56 Å². The van der Waals surface area contributed by atoms with Crippen LogP contribution in [0.3, 0.4) is 0 Å². The largest absolute Gasteiger partial charge is 0.493 e. The first-order valence-electron chi connectivity index (χ1n) is 9.89. The van der Waals surface area contributed by atoms with Gasteiger partial charge in [-0.15, -0.1) is 0 Å². The zero-order valence-corrected chi connectivity index (χ0v) is 16.0.